The van der Waals surface area contributed by atoms with Crippen LogP contribution in [0.1, 0.15) is 6.92 Å². The van der Waals surface area contributed by atoms with Gasteiger partial charge in [-0.3, -0.25) is 0 Å². The van der Waals surface area contributed by atoms with Crippen molar-refractivity contribution < 1.29 is 61.8 Å². The van der Waals surface area contributed by atoms with Crippen LogP contribution >= 0.6 is 29.1 Å². The number of aliphatic hydroxyl groups is 1. The van der Waals surface area contributed by atoms with Crippen LogP contribution < -0.4 is 0 Å². The highest BCUT2D eigenvalue weighted by atomic mass is 32.1. The van der Waals surface area contributed by atoms with Crippen molar-refractivity contribution >= 4 is 29.1 Å². The summed E-state index contributed by atoms with van der Waals surface area (Å²) in [5.41, 5.74) is 0. The molecule has 0 spiro atoms. The minimum absolute atomic E-state index is 0.212. The fourth-order valence-electron chi connectivity index (χ4n) is 0.564. The third-order valence-electron chi connectivity index (χ3n) is 1.24. The van der Waals surface area contributed by atoms with Gasteiger partial charge in [-0.15, -0.1) is 0 Å². The van der Waals surface area contributed by atoms with Gasteiger partial charge in [-0.25, -0.2) is 27.3 Å². The molecular formula is C2H10O13P4. The molecule has 0 amide bonds. The second kappa shape index (κ2) is 5.40. The van der Waals surface area contributed by atoms with E-state index >= 15 is 0 Å². The summed E-state index contributed by atoms with van der Waals surface area (Å²) in [6, 6.07) is 0. The van der Waals surface area contributed by atoms with Crippen molar-refractivity contribution in [1.82, 2.24) is 0 Å². The van der Waals surface area contributed by atoms with Crippen molar-refractivity contribution in [2.24, 2.45) is 0 Å². The Morgan fingerprint density at radius 1 is 0.737 bits per heavy atom. The molecule has 0 rings (SSSR count). The molecule has 7 N–H and O–H groups in total. The third-order valence-corrected chi connectivity index (χ3v) is 8.15. The normalized spacial score (nSPS) is 23.2. The lowest BCUT2D eigenvalue weighted by Gasteiger charge is -2.27. The predicted octanol–water partition coefficient (Wildman–Crippen LogP) is -0.758. The summed E-state index contributed by atoms with van der Waals surface area (Å²) >= 11 is 0. The Bertz CT molecular complexity index is 473. The lowest BCUT2D eigenvalue weighted by Crippen LogP contribution is -2.29. The van der Waals surface area contributed by atoms with Gasteiger partial charge in [-0.1, -0.05) is 0 Å². The summed E-state index contributed by atoms with van der Waals surface area (Å²) in [4.78, 5) is 51.1. The molecule has 17 heteroatoms. The van der Waals surface area contributed by atoms with E-state index in [4.69, 9.17) is 34.5 Å². The molecule has 0 aromatic carbocycles. The molecule has 116 valence electrons. The van der Waals surface area contributed by atoms with Crippen LogP contribution in [0.5, 0.6) is 0 Å². The second-order valence-electron chi connectivity index (χ2n) is 3.09. The number of hydrogen-bond donors (Lipinski definition) is 7. The molecule has 0 radical (unpaired) electrons. The van der Waals surface area contributed by atoms with Gasteiger partial charge in [0.1, 0.15) is 0 Å². The first-order valence-corrected chi connectivity index (χ1v) is 11.6. The van der Waals surface area contributed by atoms with E-state index in [1.165, 1.54) is 0 Å². The van der Waals surface area contributed by atoms with Crippen LogP contribution in [0.2, 0.25) is 0 Å². The van der Waals surface area contributed by atoms with E-state index in [1.807, 2.05) is 0 Å². The largest absolute Gasteiger partial charge is 0.442 e. The van der Waals surface area contributed by atoms with Crippen molar-refractivity contribution in [3.63, 3.8) is 0 Å². The molecular weight excluding hydrogens is 356 g/mol. The summed E-state index contributed by atoms with van der Waals surface area (Å²) in [6.45, 7) is 0.212. The zero-order valence-corrected chi connectivity index (χ0v) is 12.4. The van der Waals surface area contributed by atoms with E-state index in [0.717, 1.165) is 0 Å². The topological polar surface area (TPSA) is 228 Å². The van der Waals surface area contributed by atoms with Gasteiger partial charge in [-0.2, -0.15) is 0 Å². The van der Waals surface area contributed by atoms with E-state index in [2.05, 4.69) is 9.05 Å². The summed E-state index contributed by atoms with van der Waals surface area (Å²) in [6.07, 6.45) is 0. The summed E-state index contributed by atoms with van der Waals surface area (Å²) in [7, 11) is -23.2. The van der Waals surface area contributed by atoms with Gasteiger partial charge in [0.25, 0.3) is 5.97 Å². The van der Waals surface area contributed by atoms with Crippen molar-refractivity contribution in [1.29, 1.82) is 0 Å². The maximum atomic E-state index is 11.0. The lowest BCUT2D eigenvalue weighted by atomic mass is 10.7. The third kappa shape index (κ3) is 5.45. The van der Waals surface area contributed by atoms with Crippen LogP contribution in [0.25, 0.3) is 0 Å². The molecule has 2 unspecified atom stereocenters. The maximum absolute atomic E-state index is 11.0. The molecule has 0 aliphatic heterocycles. The number of rotatable bonds is 6. The highest BCUT2D eigenvalue weighted by molar-refractivity contribution is 8.27. The molecule has 0 saturated carbocycles. The van der Waals surface area contributed by atoms with Gasteiger partial charge in [-0.05, 0) is 0 Å². The zero-order chi connectivity index (χ0) is 15.9. The molecule has 0 fully saturated rings. The first-order chi connectivity index (χ1) is 7.91. The molecule has 0 aromatic heterocycles. The van der Waals surface area contributed by atoms with Crippen LogP contribution in [-0.2, 0) is 27.3 Å². The van der Waals surface area contributed by atoms with Crippen LogP contribution in [-0.4, -0.2) is 40.4 Å². The Hall–Kier alpha value is 0.560. The fraction of sp³-hybridized carbons (Fsp3) is 1.00. The van der Waals surface area contributed by atoms with E-state index < -0.39 is 35.1 Å². The van der Waals surface area contributed by atoms with Crippen LogP contribution in [0.3, 0.4) is 0 Å². The van der Waals surface area contributed by atoms with Gasteiger partial charge >= 0.3 is 29.1 Å². The zero-order valence-electron chi connectivity index (χ0n) is 8.87. The maximum Gasteiger partial charge on any atom is 0.442 e. The average molecular weight is 366 g/mol. The van der Waals surface area contributed by atoms with Crippen molar-refractivity contribution in [3.05, 3.63) is 0 Å². The smallest absolute Gasteiger partial charge is 0.343 e. The molecule has 13 nitrogen and oxygen atoms in total. The Labute approximate surface area is 105 Å². The molecule has 0 aromatic rings. The fourth-order valence-corrected chi connectivity index (χ4v) is 3.34. The summed E-state index contributed by atoms with van der Waals surface area (Å²) in [5, 5.41) is 9.12. The first kappa shape index (κ1) is 19.6. The van der Waals surface area contributed by atoms with Crippen LogP contribution in [0.15, 0.2) is 0 Å². The predicted molar refractivity (Wildman–Crippen MR) is 56.5 cm³/mol. The monoisotopic (exact) mass is 366 g/mol. The lowest BCUT2D eigenvalue weighted by molar-refractivity contribution is -0.261. The van der Waals surface area contributed by atoms with Crippen molar-refractivity contribution in [2.45, 2.75) is 12.9 Å². The number of hydrogen-bond acceptors (Lipinski definition) is 7. The van der Waals surface area contributed by atoms with E-state index in [9.17, 15) is 18.3 Å². The molecule has 0 heterocycles. The van der Waals surface area contributed by atoms with Gasteiger partial charge in [0, 0.05) is 6.92 Å². The molecule has 0 aliphatic rings. The molecule has 0 aliphatic carbocycles. The van der Waals surface area contributed by atoms with Gasteiger partial charge in [0.15, 0.2) is 0 Å². The Balaban J connectivity index is 5.26. The molecule has 0 bridgehead atoms. The minimum atomic E-state index is -5.83. The molecule has 2 atom stereocenters. The van der Waals surface area contributed by atoms with E-state index in [1.54, 1.807) is 0 Å². The SMILES string of the molecule is CC(O)(OP(=O)(O)P(=O)(O)O)OP(=O)(O)P(=O)(O)O. The standard InChI is InChI=1S/C2H10O13P4/c1-2(3,14-18(10,11)16(4,5)6)15-19(12,13)17(7,8)9/h3H,1H3,(H,10,11)(H,12,13)(H2,4,5,6)(H2,7,8,9). The summed E-state index contributed by atoms with van der Waals surface area (Å²) < 4.78 is 50.0. The quantitative estimate of drug-likeness (QED) is 0.227. The van der Waals surface area contributed by atoms with Crippen LogP contribution in [0.4, 0.5) is 0 Å². The van der Waals surface area contributed by atoms with Crippen molar-refractivity contribution in [3.8, 4) is 0 Å². The molecule has 19 heavy (non-hydrogen) atoms. The summed E-state index contributed by atoms with van der Waals surface area (Å²) in [5.74, 6) is -3.63. The average Bonchev–Trinajstić information content (AvgIpc) is 1.93. The van der Waals surface area contributed by atoms with Gasteiger partial charge in [0.05, 0.1) is 0 Å². The van der Waals surface area contributed by atoms with Crippen molar-refractivity contribution in [2.75, 3.05) is 0 Å². The van der Waals surface area contributed by atoms with Crippen LogP contribution in [0, 0.1) is 0 Å². The second-order valence-corrected chi connectivity index (χ2v) is 13.6. The Kier molecular flexibility index (Phi) is 5.56. The van der Waals surface area contributed by atoms with Gasteiger partial charge < -0.3 is 34.5 Å². The Morgan fingerprint density at radius 3 is 1.11 bits per heavy atom. The molecule has 0 saturated heterocycles. The Morgan fingerprint density at radius 2 is 0.947 bits per heavy atom. The van der Waals surface area contributed by atoms with E-state index in [0.29, 0.717) is 0 Å². The minimum Gasteiger partial charge on any atom is -0.343 e. The van der Waals surface area contributed by atoms with Gasteiger partial charge in [0.2, 0.25) is 0 Å². The highest BCUT2D eigenvalue weighted by Gasteiger charge is 2.53. The van der Waals surface area contributed by atoms with E-state index in [-0.39, 0.29) is 6.92 Å². The first-order valence-electron chi connectivity index (χ1n) is 3.83. The highest BCUT2D eigenvalue weighted by Crippen LogP contribution is 2.79.